The fourth-order valence-corrected chi connectivity index (χ4v) is 0. The van der Waals surface area contributed by atoms with Gasteiger partial charge in [-0.3, -0.25) is 4.21 Å². The Morgan fingerprint density at radius 2 is 1.50 bits per heavy atom. The molecule has 0 aliphatic rings. The molecule has 0 aliphatic heterocycles. The van der Waals surface area contributed by atoms with Gasteiger partial charge in [-0.15, -0.1) is 0 Å². The van der Waals surface area contributed by atoms with Gasteiger partial charge in [0.15, 0.2) is 0 Å². The average molecular weight is 170 g/mol. The first kappa shape index (κ1) is 22.8. The normalized spacial score (nSPS) is 13.2. The van der Waals surface area contributed by atoms with Crippen molar-refractivity contribution in [2.75, 3.05) is 6.26 Å². The van der Waals surface area contributed by atoms with Crippen LogP contribution in [0.15, 0.2) is 0 Å². The largest absolute Gasteiger partial charge is 1.00 e. The van der Waals surface area contributed by atoms with E-state index in [1.807, 2.05) is 0 Å². The Labute approximate surface area is 75.1 Å². The predicted molar refractivity (Wildman–Crippen MR) is 29.4 cm³/mol. The monoisotopic (exact) mass is 170 g/mol. The molecule has 0 radical (unpaired) electrons. The van der Waals surface area contributed by atoms with E-state index in [1.54, 1.807) is 0 Å². The molecule has 0 spiro atoms. The fraction of sp³-hybridized carbons (Fsp3) is 1.00. The Bertz CT molecular complexity index is 97.2. The van der Waals surface area contributed by atoms with E-state index in [-0.39, 0.29) is 40.5 Å². The van der Waals surface area contributed by atoms with Crippen molar-refractivity contribution >= 4 is 20.0 Å². The molecule has 1 unspecified atom stereocenters. The number of hydrogen-bond acceptors (Lipinski definition) is 3. The fourth-order valence-electron chi connectivity index (χ4n) is 0. The molecule has 48 valence electrons. The molecular formula is CH7NaO4S2. The topological polar surface area (TPSA) is 103 Å². The smallest absolute Gasteiger partial charge is 0.770 e. The van der Waals surface area contributed by atoms with Gasteiger partial charge in [0, 0.05) is 6.26 Å². The van der Waals surface area contributed by atoms with Gasteiger partial charge in [0.25, 0.3) is 0 Å². The van der Waals surface area contributed by atoms with E-state index in [1.165, 1.54) is 0 Å². The van der Waals surface area contributed by atoms with Crippen molar-refractivity contribution in [2.24, 2.45) is 0 Å². The summed E-state index contributed by atoms with van der Waals surface area (Å²) in [7, 11) is -3.08. The summed E-state index contributed by atoms with van der Waals surface area (Å²) in [6, 6.07) is 0. The third-order valence-corrected chi connectivity index (χ3v) is 0. The molecule has 0 rings (SSSR count). The molecule has 7 heteroatoms. The molecule has 0 amide bonds. The second kappa shape index (κ2) is 8.25. The van der Waals surface area contributed by atoms with Gasteiger partial charge in [0.2, 0.25) is 0 Å². The van der Waals surface area contributed by atoms with E-state index in [4.69, 9.17) is 0 Å². The molecule has 0 saturated carbocycles. The van der Waals surface area contributed by atoms with Crippen LogP contribution in [-0.4, -0.2) is 26.0 Å². The second-order valence-corrected chi connectivity index (χ2v) is 3.93. The molecule has 0 aromatic heterocycles. The quantitative estimate of drug-likeness (QED) is 0.339. The summed E-state index contributed by atoms with van der Waals surface area (Å²) in [6.45, 7) is 0. The minimum atomic E-state index is -3.08. The second-order valence-electron chi connectivity index (χ2n) is 0.704. The van der Waals surface area contributed by atoms with Crippen molar-refractivity contribution in [2.45, 2.75) is 0 Å². The molecule has 8 heavy (non-hydrogen) atoms. The van der Waals surface area contributed by atoms with E-state index in [0.717, 1.165) is 6.26 Å². The van der Waals surface area contributed by atoms with Gasteiger partial charge in [-0.25, -0.2) is 0 Å². The van der Waals surface area contributed by atoms with E-state index in [9.17, 15) is 8.76 Å². The van der Waals surface area contributed by atoms with Crippen LogP contribution in [0.4, 0.5) is 0 Å². The van der Waals surface area contributed by atoms with Gasteiger partial charge in [0.1, 0.15) is 0 Å². The summed E-state index contributed by atoms with van der Waals surface area (Å²) in [6.07, 6.45) is 0.975. The van der Waals surface area contributed by atoms with E-state index in [0.29, 0.717) is 0 Å². The standard InChI is InChI=1S/CH4O2S2.Na.2H2O/c1-5(2,3)4;;;/h1H3,(H,2,3,4);;2*1H2/q;+1;;/p-1. The van der Waals surface area contributed by atoms with Crippen LogP contribution >= 0.6 is 0 Å². The molecule has 0 fully saturated rings. The van der Waals surface area contributed by atoms with Crippen LogP contribution in [0.25, 0.3) is 0 Å². The van der Waals surface area contributed by atoms with Crippen molar-refractivity contribution < 1.29 is 49.3 Å². The van der Waals surface area contributed by atoms with Gasteiger partial charge in [-0.05, 0) is 20.0 Å². The van der Waals surface area contributed by atoms with Crippen LogP contribution in [0.2, 0.25) is 0 Å². The zero-order valence-electron chi connectivity index (χ0n) is 4.63. The third kappa shape index (κ3) is 181. The zero-order chi connectivity index (χ0) is 4.50. The minimum Gasteiger partial charge on any atom is -0.770 e. The summed E-state index contributed by atoms with van der Waals surface area (Å²) < 4.78 is 18.9. The Morgan fingerprint density at radius 1 is 1.50 bits per heavy atom. The maximum atomic E-state index is 9.45. The Morgan fingerprint density at radius 3 is 1.50 bits per heavy atom. The predicted octanol–water partition coefficient (Wildman–Crippen LogP) is -5.15. The maximum absolute atomic E-state index is 9.45. The van der Waals surface area contributed by atoms with Gasteiger partial charge in [-0.2, -0.15) is 0 Å². The Balaban J connectivity index is -0.0000000267. The Kier molecular flexibility index (Phi) is 23.6. The molecular weight excluding hydrogens is 163 g/mol. The summed E-state index contributed by atoms with van der Waals surface area (Å²) in [4.78, 5) is 0. The van der Waals surface area contributed by atoms with Crippen LogP contribution in [0.1, 0.15) is 0 Å². The summed E-state index contributed by atoms with van der Waals surface area (Å²) in [5.41, 5.74) is 0. The van der Waals surface area contributed by atoms with Gasteiger partial charge >= 0.3 is 29.6 Å². The van der Waals surface area contributed by atoms with Crippen LogP contribution in [-0.2, 0) is 20.0 Å². The maximum Gasteiger partial charge on any atom is 1.00 e. The van der Waals surface area contributed by atoms with E-state index < -0.39 is 8.77 Å². The molecule has 4 nitrogen and oxygen atoms in total. The van der Waals surface area contributed by atoms with Gasteiger partial charge in [0.05, 0.1) is 0 Å². The number of rotatable bonds is 0. The zero-order valence-corrected chi connectivity index (χ0v) is 8.27. The molecule has 1 atom stereocenters. The van der Waals surface area contributed by atoms with Crippen molar-refractivity contribution in [1.82, 2.24) is 0 Å². The SMILES string of the molecule is CS(=O)([O-])=S.O.O.[Na+]. The van der Waals surface area contributed by atoms with E-state index in [2.05, 4.69) is 11.2 Å². The first-order valence-electron chi connectivity index (χ1n) is 0.908. The summed E-state index contributed by atoms with van der Waals surface area (Å²) in [5.74, 6) is 0. The summed E-state index contributed by atoms with van der Waals surface area (Å²) >= 11 is 3.80. The van der Waals surface area contributed by atoms with Crippen LogP contribution in [0.5, 0.6) is 0 Å². The Hall–Kier alpha value is 1.25. The number of hydrogen-bond donors (Lipinski definition) is 0. The summed E-state index contributed by atoms with van der Waals surface area (Å²) in [5, 5.41) is 0. The van der Waals surface area contributed by atoms with Crippen molar-refractivity contribution in [3.05, 3.63) is 0 Å². The van der Waals surface area contributed by atoms with Crippen molar-refractivity contribution in [1.29, 1.82) is 0 Å². The first-order chi connectivity index (χ1) is 2.00. The van der Waals surface area contributed by atoms with Crippen molar-refractivity contribution in [3.8, 4) is 0 Å². The van der Waals surface area contributed by atoms with E-state index >= 15 is 0 Å². The van der Waals surface area contributed by atoms with Crippen molar-refractivity contribution in [3.63, 3.8) is 0 Å². The minimum absolute atomic E-state index is 0. The van der Waals surface area contributed by atoms with Crippen LogP contribution < -0.4 is 29.6 Å². The van der Waals surface area contributed by atoms with Crippen LogP contribution in [0.3, 0.4) is 0 Å². The first-order valence-corrected chi connectivity index (χ1v) is 3.72. The molecule has 0 bridgehead atoms. The molecule has 0 aliphatic carbocycles. The average Bonchev–Trinajstić information content (AvgIpc) is 0.722. The van der Waals surface area contributed by atoms with Gasteiger partial charge in [-0.1, -0.05) is 0 Å². The molecule has 0 aromatic rings. The molecule has 4 N–H and O–H groups in total. The van der Waals surface area contributed by atoms with Gasteiger partial charge < -0.3 is 15.5 Å². The third-order valence-electron chi connectivity index (χ3n) is 0. The molecule has 0 aromatic carbocycles. The molecule has 0 heterocycles. The molecule has 0 saturated heterocycles. The van der Waals surface area contributed by atoms with Crippen LogP contribution in [0, 0.1) is 0 Å².